The molecule has 6 N–H and O–H groups in total. The number of aromatic nitrogens is 5. The van der Waals surface area contributed by atoms with Gasteiger partial charge in [0, 0.05) is 30.3 Å². The summed E-state index contributed by atoms with van der Waals surface area (Å²) in [5, 5.41) is 8.56. The monoisotopic (exact) mass is 800 g/mol. The summed E-state index contributed by atoms with van der Waals surface area (Å²) in [4.78, 5) is 25.7. The highest BCUT2D eigenvalue weighted by atomic mass is 16.6. The number of benzene rings is 1. The van der Waals surface area contributed by atoms with Crippen LogP contribution in [0, 0.1) is 5.92 Å². The number of fused-ring (bicyclic) bond motifs is 2. The summed E-state index contributed by atoms with van der Waals surface area (Å²) in [6.45, 7) is 8.83. The molecule has 3 heterocycles. The normalized spacial score (nSPS) is 15.8. The standard InChI is InChI=1S/C39H60N8O10/c1-49-33-4-2-3-31-27-32(45-34(31)33)35-36-37(41)43-28-44-47(36)38(46-35)29-5-7-30(8-6-29)39(48)42-10-12-51-14-16-53-18-20-55-22-24-57-26-25-56-23-21-54-19-17-52-15-13-50-11-9-40/h2-4,27-30,45H,5-26,40H2,1H3,(H,42,48)(H2,41,43,44). The predicted molar refractivity (Wildman–Crippen MR) is 212 cm³/mol. The summed E-state index contributed by atoms with van der Waals surface area (Å²) < 4.78 is 51.1. The molecule has 1 saturated carbocycles. The lowest BCUT2D eigenvalue weighted by atomic mass is 9.81. The van der Waals surface area contributed by atoms with Gasteiger partial charge in [-0.1, -0.05) is 12.1 Å². The number of carbonyl (C=O) groups excluding carboxylic acids is 1. The fourth-order valence-corrected chi connectivity index (χ4v) is 6.58. The Kier molecular flexibility index (Phi) is 19.7. The number of anilines is 1. The molecular formula is C39H60N8O10. The maximum Gasteiger partial charge on any atom is 0.223 e. The third-order valence-electron chi connectivity index (χ3n) is 9.45. The van der Waals surface area contributed by atoms with Gasteiger partial charge >= 0.3 is 0 Å². The molecule has 0 bridgehead atoms. The molecule has 18 heteroatoms. The number of ether oxygens (including phenoxy) is 9. The summed E-state index contributed by atoms with van der Waals surface area (Å²) in [7, 11) is 1.65. The second-order valence-corrected chi connectivity index (χ2v) is 13.4. The molecule has 57 heavy (non-hydrogen) atoms. The number of amides is 1. The van der Waals surface area contributed by atoms with Crippen LogP contribution in [0.4, 0.5) is 5.82 Å². The Morgan fingerprint density at radius 2 is 1.33 bits per heavy atom. The molecule has 1 amide bonds. The smallest absolute Gasteiger partial charge is 0.223 e. The number of hydrogen-bond donors (Lipinski definition) is 4. The molecule has 1 aliphatic rings. The third kappa shape index (κ3) is 14.1. The van der Waals surface area contributed by atoms with Crippen molar-refractivity contribution in [1.82, 2.24) is 29.9 Å². The van der Waals surface area contributed by atoms with Crippen molar-refractivity contribution in [3.05, 3.63) is 36.4 Å². The lowest BCUT2D eigenvalue weighted by Gasteiger charge is -2.26. The van der Waals surface area contributed by atoms with Crippen molar-refractivity contribution in [3.8, 4) is 17.1 Å². The largest absolute Gasteiger partial charge is 0.495 e. The van der Waals surface area contributed by atoms with E-state index in [0.29, 0.717) is 136 Å². The van der Waals surface area contributed by atoms with Crippen molar-refractivity contribution >= 4 is 28.1 Å². The number of rotatable bonds is 30. The van der Waals surface area contributed by atoms with Crippen molar-refractivity contribution in [2.45, 2.75) is 31.6 Å². The summed E-state index contributed by atoms with van der Waals surface area (Å²) in [5.74, 6) is 2.05. The van der Waals surface area contributed by atoms with Crippen LogP contribution in [0.25, 0.3) is 27.8 Å². The fraction of sp³-hybridized carbons (Fsp3) is 0.641. The average molecular weight is 801 g/mol. The van der Waals surface area contributed by atoms with Gasteiger partial charge in [-0.15, -0.1) is 0 Å². The SMILES string of the molecule is COc1cccc2cc(-c3nc(C4CCC(C(=O)NCCOCCOCCOCCOCCOCCOCCOCCOCCN)CC4)n4ncnc(N)c34)[nH]c12. The summed E-state index contributed by atoms with van der Waals surface area (Å²) >= 11 is 0. The molecule has 0 saturated heterocycles. The van der Waals surface area contributed by atoms with Gasteiger partial charge < -0.3 is 64.4 Å². The number of nitrogens with zero attached hydrogens (tertiary/aromatic N) is 4. The van der Waals surface area contributed by atoms with Crippen LogP contribution >= 0.6 is 0 Å². The van der Waals surface area contributed by atoms with Crippen LogP contribution in [0.5, 0.6) is 5.75 Å². The van der Waals surface area contributed by atoms with E-state index in [-0.39, 0.29) is 17.7 Å². The molecule has 3 aromatic heterocycles. The average Bonchev–Trinajstić information content (AvgIpc) is 3.85. The van der Waals surface area contributed by atoms with E-state index >= 15 is 0 Å². The van der Waals surface area contributed by atoms with E-state index < -0.39 is 0 Å². The maximum atomic E-state index is 13.0. The molecule has 316 valence electrons. The van der Waals surface area contributed by atoms with Crippen molar-refractivity contribution < 1.29 is 47.4 Å². The maximum absolute atomic E-state index is 13.0. The van der Waals surface area contributed by atoms with E-state index in [2.05, 4.69) is 20.4 Å². The van der Waals surface area contributed by atoms with Gasteiger partial charge in [-0.3, -0.25) is 4.79 Å². The number of para-hydroxylation sites is 1. The van der Waals surface area contributed by atoms with Gasteiger partial charge in [-0.25, -0.2) is 14.5 Å². The number of hydrogen-bond acceptors (Lipinski definition) is 15. The zero-order valence-corrected chi connectivity index (χ0v) is 33.1. The second-order valence-electron chi connectivity index (χ2n) is 13.4. The number of imidazole rings is 1. The van der Waals surface area contributed by atoms with Gasteiger partial charge in [0.2, 0.25) is 5.91 Å². The minimum absolute atomic E-state index is 0.0540. The van der Waals surface area contributed by atoms with Crippen LogP contribution in [-0.4, -0.2) is 156 Å². The van der Waals surface area contributed by atoms with Gasteiger partial charge in [0.15, 0.2) is 5.82 Å². The first kappa shape index (κ1) is 44.1. The number of H-pyrrole nitrogens is 1. The Balaban J connectivity index is 0.848. The Bertz CT molecular complexity index is 1730. The second kappa shape index (κ2) is 25.4. The lowest BCUT2D eigenvalue weighted by molar-refractivity contribution is -0.126. The quantitative estimate of drug-likeness (QED) is 0.0556. The van der Waals surface area contributed by atoms with Gasteiger partial charge in [0.1, 0.15) is 29.1 Å². The highest BCUT2D eigenvalue weighted by Crippen LogP contribution is 2.39. The molecule has 1 aliphatic carbocycles. The van der Waals surface area contributed by atoms with Gasteiger partial charge in [-0.05, 0) is 37.8 Å². The van der Waals surface area contributed by atoms with Crippen LogP contribution < -0.4 is 21.5 Å². The molecular weight excluding hydrogens is 740 g/mol. The van der Waals surface area contributed by atoms with E-state index in [1.807, 2.05) is 24.3 Å². The fourth-order valence-electron chi connectivity index (χ4n) is 6.58. The van der Waals surface area contributed by atoms with Gasteiger partial charge in [0.25, 0.3) is 0 Å². The molecule has 1 fully saturated rings. The minimum atomic E-state index is -0.0601. The first-order chi connectivity index (χ1) is 28.1. The number of methoxy groups -OCH3 is 1. The van der Waals surface area contributed by atoms with E-state index in [9.17, 15) is 4.79 Å². The first-order valence-corrected chi connectivity index (χ1v) is 19.9. The lowest BCUT2D eigenvalue weighted by Crippen LogP contribution is -2.35. The van der Waals surface area contributed by atoms with Crippen LogP contribution in [0.15, 0.2) is 30.6 Å². The van der Waals surface area contributed by atoms with E-state index in [4.69, 9.17) is 59.1 Å². The van der Waals surface area contributed by atoms with Crippen LogP contribution in [0.3, 0.4) is 0 Å². The van der Waals surface area contributed by atoms with Crippen molar-refractivity contribution in [2.75, 3.05) is 132 Å². The molecule has 0 atom stereocenters. The molecule has 1 aromatic carbocycles. The van der Waals surface area contributed by atoms with Gasteiger partial charge in [-0.2, -0.15) is 5.10 Å². The minimum Gasteiger partial charge on any atom is -0.495 e. The van der Waals surface area contributed by atoms with Crippen molar-refractivity contribution in [2.24, 2.45) is 11.7 Å². The molecule has 18 nitrogen and oxygen atoms in total. The highest BCUT2D eigenvalue weighted by Gasteiger charge is 2.31. The highest BCUT2D eigenvalue weighted by molar-refractivity contribution is 5.93. The topological polar surface area (TPSA) is 223 Å². The third-order valence-corrected chi connectivity index (χ3v) is 9.45. The molecule has 0 spiro atoms. The zero-order chi connectivity index (χ0) is 39.9. The molecule has 5 rings (SSSR count). The Labute approximate surface area is 333 Å². The summed E-state index contributed by atoms with van der Waals surface area (Å²) in [5.41, 5.74) is 14.8. The number of aromatic amines is 1. The number of nitrogen functional groups attached to an aromatic ring is 1. The number of nitrogens with one attached hydrogen (secondary N) is 2. The number of carbonyl (C=O) groups is 1. The first-order valence-electron chi connectivity index (χ1n) is 19.9. The Hall–Kier alpha value is -3.98. The molecule has 0 unspecified atom stereocenters. The molecule has 4 aromatic rings. The van der Waals surface area contributed by atoms with Crippen LogP contribution in [0.2, 0.25) is 0 Å². The van der Waals surface area contributed by atoms with E-state index in [1.165, 1.54) is 6.33 Å². The zero-order valence-electron chi connectivity index (χ0n) is 33.1. The number of nitrogens with two attached hydrogens (primary N) is 2. The van der Waals surface area contributed by atoms with E-state index in [1.54, 1.807) is 11.6 Å². The van der Waals surface area contributed by atoms with Gasteiger partial charge in [0.05, 0.1) is 124 Å². The van der Waals surface area contributed by atoms with Crippen molar-refractivity contribution in [1.29, 1.82) is 0 Å². The Morgan fingerprint density at radius 1 is 0.789 bits per heavy atom. The van der Waals surface area contributed by atoms with Crippen LogP contribution in [0.1, 0.15) is 37.4 Å². The van der Waals surface area contributed by atoms with Crippen molar-refractivity contribution in [3.63, 3.8) is 0 Å². The molecule has 0 aliphatic heterocycles. The Morgan fingerprint density at radius 3 is 1.88 bits per heavy atom. The van der Waals surface area contributed by atoms with E-state index in [0.717, 1.165) is 53.9 Å². The summed E-state index contributed by atoms with van der Waals surface area (Å²) in [6, 6.07) is 7.92. The van der Waals surface area contributed by atoms with Crippen LogP contribution in [-0.2, 0) is 42.7 Å². The predicted octanol–water partition coefficient (Wildman–Crippen LogP) is 2.34. The summed E-state index contributed by atoms with van der Waals surface area (Å²) in [6.07, 6.45) is 4.58. The molecule has 0 radical (unpaired) electrons.